The Morgan fingerprint density at radius 3 is 2.46 bits per heavy atom. The summed E-state index contributed by atoms with van der Waals surface area (Å²) in [6.45, 7) is 2.89. The Morgan fingerprint density at radius 2 is 1.76 bits per heavy atom. The molecule has 2 N–H and O–H groups in total. The third-order valence-electron chi connectivity index (χ3n) is 8.15. The number of sulfonamides is 1. The summed E-state index contributed by atoms with van der Waals surface area (Å²) in [6.07, 6.45) is 4.80. The molecule has 1 aromatic carbocycles. The van der Waals surface area contributed by atoms with Gasteiger partial charge < -0.3 is 19.3 Å². The van der Waals surface area contributed by atoms with Gasteiger partial charge in [0.25, 0.3) is 11.8 Å². The Balaban J connectivity index is 1.32. The Hall–Kier alpha value is -3.39. The molecule has 0 amide bonds. The molecular formula is C27H33F2N7O4S. The van der Waals surface area contributed by atoms with Crippen LogP contribution in [0.15, 0.2) is 28.7 Å². The van der Waals surface area contributed by atoms with Gasteiger partial charge in [0.05, 0.1) is 35.8 Å². The lowest BCUT2D eigenvalue weighted by atomic mass is 9.93. The normalized spacial score (nSPS) is 19.9. The lowest BCUT2D eigenvalue weighted by molar-refractivity contribution is -0.0120. The fourth-order valence-corrected chi connectivity index (χ4v) is 6.49. The van der Waals surface area contributed by atoms with E-state index in [1.807, 2.05) is 0 Å². The molecule has 0 radical (unpaired) electrons. The van der Waals surface area contributed by atoms with Gasteiger partial charge in [0, 0.05) is 31.7 Å². The molecule has 41 heavy (non-hydrogen) atoms. The van der Waals surface area contributed by atoms with Gasteiger partial charge in [-0.05, 0) is 68.7 Å². The van der Waals surface area contributed by atoms with E-state index in [2.05, 4.69) is 29.8 Å². The van der Waals surface area contributed by atoms with Crippen molar-refractivity contribution in [2.24, 2.45) is 5.41 Å². The summed E-state index contributed by atoms with van der Waals surface area (Å²) >= 11 is 0. The van der Waals surface area contributed by atoms with Gasteiger partial charge in [-0.15, -0.1) is 10.2 Å². The zero-order valence-electron chi connectivity index (χ0n) is 22.8. The average molecular weight is 590 g/mol. The van der Waals surface area contributed by atoms with Gasteiger partial charge in [0.1, 0.15) is 5.69 Å². The number of nitrogens with zero attached hydrogens (tertiary/aromatic N) is 6. The molecule has 3 aromatic rings. The van der Waals surface area contributed by atoms with Crippen LogP contribution in [0.2, 0.25) is 0 Å². The standard InChI is InChI=1S/C27H33F2N7O4S/c1-18-15-21(31-25(30-18)36-10-2-5-27(28,29)17-36)24-33-32-23(40-24)20-4-3-19(34-41(38,39)14-13-37)16-22(20)35-11-8-26(6-7-26)9-12-35/h3-4,15-16,34,37H,2,5-14,17H2,1H3. The number of benzene rings is 1. The van der Waals surface area contributed by atoms with E-state index in [9.17, 15) is 17.2 Å². The van der Waals surface area contributed by atoms with Crippen molar-refractivity contribution in [1.29, 1.82) is 0 Å². The Kier molecular flexibility index (Phi) is 7.09. The number of aliphatic hydroxyl groups is 1. The van der Waals surface area contributed by atoms with Crippen molar-refractivity contribution in [2.75, 3.05) is 53.1 Å². The minimum Gasteiger partial charge on any atom is -0.415 e. The largest absolute Gasteiger partial charge is 0.415 e. The minimum absolute atomic E-state index is 0.129. The van der Waals surface area contributed by atoms with E-state index in [0.717, 1.165) is 31.6 Å². The molecule has 2 saturated heterocycles. The Morgan fingerprint density at radius 1 is 1.00 bits per heavy atom. The van der Waals surface area contributed by atoms with Crippen LogP contribution in [-0.2, 0) is 10.0 Å². The molecule has 4 heterocycles. The molecule has 2 aromatic heterocycles. The first kappa shape index (κ1) is 27.8. The number of rotatable bonds is 8. The van der Waals surface area contributed by atoms with Crippen LogP contribution < -0.4 is 14.5 Å². The number of aryl methyl sites for hydroxylation is 1. The van der Waals surface area contributed by atoms with Crippen LogP contribution in [0.5, 0.6) is 0 Å². The fourth-order valence-electron chi connectivity index (χ4n) is 5.66. The highest BCUT2D eigenvalue weighted by atomic mass is 32.2. The molecule has 0 unspecified atom stereocenters. The maximum absolute atomic E-state index is 14.1. The first-order valence-corrected chi connectivity index (χ1v) is 15.5. The number of nitrogens with one attached hydrogen (secondary N) is 1. The first-order chi connectivity index (χ1) is 19.5. The van der Waals surface area contributed by atoms with E-state index >= 15 is 0 Å². The molecule has 11 nitrogen and oxygen atoms in total. The molecule has 220 valence electrons. The maximum Gasteiger partial charge on any atom is 0.266 e. The van der Waals surface area contributed by atoms with Gasteiger partial charge >= 0.3 is 0 Å². The molecule has 1 saturated carbocycles. The highest BCUT2D eigenvalue weighted by Crippen LogP contribution is 2.54. The van der Waals surface area contributed by atoms with Crippen LogP contribution in [0.1, 0.15) is 44.2 Å². The predicted molar refractivity (Wildman–Crippen MR) is 150 cm³/mol. The van der Waals surface area contributed by atoms with Crippen LogP contribution in [0.25, 0.3) is 23.0 Å². The van der Waals surface area contributed by atoms with Crippen molar-refractivity contribution in [3.63, 3.8) is 0 Å². The summed E-state index contributed by atoms with van der Waals surface area (Å²) in [5.74, 6) is -2.65. The zero-order chi connectivity index (χ0) is 28.8. The predicted octanol–water partition coefficient (Wildman–Crippen LogP) is 3.85. The lowest BCUT2D eigenvalue weighted by Crippen LogP contribution is -2.43. The van der Waals surface area contributed by atoms with Crippen LogP contribution >= 0.6 is 0 Å². The second kappa shape index (κ2) is 10.5. The third kappa shape index (κ3) is 6.13. The first-order valence-electron chi connectivity index (χ1n) is 13.9. The number of hydrogen-bond donors (Lipinski definition) is 2. The molecule has 3 fully saturated rings. The Bertz CT molecular complexity index is 1530. The second-order valence-electron chi connectivity index (χ2n) is 11.4. The summed E-state index contributed by atoms with van der Waals surface area (Å²) in [5.41, 5.74) is 3.13. The number of hydrogen-bond acceptors (Lipinski definition) is 10. The van der Waals surface area contributed by atoms with Gasteiger partial charge in [0.15, 0.2) is 0 Å². The number of piperidine rings is 2. The molecule has 6 rings (SSSR count). The molecule has 0 atom stereocenters. The van der Waals surface area contributed by atoms with E-state index in [1.165, 1.54) is 17.7 Å². The van der Waals surface area contributed by atoms with E-state index in [-0.39, 0.29) is 24.2 Å². The minimum atomic E-state index is -3.71. The van der Waals surface area contributed by atoms with Crippen molar-refractivity contribution in [3.8, 4) is 23.0 Å². The van der Waals surface area contributed by atoms with Gasteiger partial charge in [-0.2, -0.15) is 0 Å². The summed E-state index contributed by atoms with van der Waals surface area (Å²) < 4.78 is 61.4. The van der Waals surface area contributed by atoms with Gasteiger partial charge in [-0.3, -0.25) is 4.72 Å². The number of aliphatic hydroxyl groups excluding tert-OH is 1. The fraction of sp³-hybridized carbons (Fsp3) is 0.556. The van der Waals surface area contributed by atoms with Gasteiger partial charge in [-0.1, -0.05) is 0 Å². The zero-order valence-corrected chi connectivity index (χ0v) is 23.6. The van der Waals surface area contributed by atoms with Gasteiger partial charge in [-0.25, -0.2) is 27.2 Å². The highest BCUT2D eigenvalue weighted by Gasteiger charge is 2.44. The monoisotopic (exact) mass is 589 g/mol. The smallest absolute Gasteiger partial charge is 0.266 e. The van der Waals surface area contributed by atoms with Crippen molar-refractivity contribution in [2.45, 2.75) is 51.4 Å². The molecule has 3 aliphatic rings. The summed E-state index contributed by atoms with van der Waals surface area (Å²) in [7, 11) is -3.71. The molecule has 1 spiro atoms. The van der Waals surface area contributed by atoms with Crippen LogP contribution in [0.4, 0.5) is 26.1 Å². The van der Waals surface area contributed by atoms with Crippen molar-refractivity contribution < 1.29 is 26.7 Å². The molecule has 14 heteroatoms. The average Bonchev–Trinajstić information content (AvgIpc) is 3.48. The van der Waals surface area contributed by atoms with Crippen molar-refractivity contribution >= 4 is 27.3 Å². The van der Waals surface area contributed by atoms with Crippen LogP contribution in [0, 0.1) is 12.3 Å². The topological polar surface area (TPSA) is 138 Å². The number of anilines is 3. The van der Waals surface area contributed by atoms with Gasteiger partial charge in [0.2, 0.25) is 21.9 Å². The summed E-state index contributed by atoms with van der Waals surface area (Å²) in [6, 6.07) is 6.77. The van der Waals surface area contributed by atoms with Crippen LogP contribution in [0.3, 0.4) is 0 Å². The van der Waals surface area contributed by atoms with Crippen LogP contribution in [-0.4, -0.2) is 78.2 Å². The van der Waals surface area contributed by atoms with Crippen molar-refractivity contribution in [1.82, 2.24) is 20.2 Å². The maximum atomic E-state index is 14.1. The summed E-state index contributed by atoms with van der Waals surface area (Å²) in [5, 5.41) is 17.6. The van der Waals surface area contributed by atoms with E-state index < -0.39 is 34.9 Å². The number of aromatic nitrogens is 4. The molecule has 1 aliphatic carbocycles. The Labute approximate surface area is 237 Å². The summed E-state index contributed by atoms with van der Waals surface area (Å²) in [4.78, 5) is 12.5. The number of halogens is 2. The van der Waals surface area contributed by atoms with E-state index in [4.69, 9.17) is 9.52 Å². The highest BCUT2D eigenvalue weighted by molar-refractivity contribution is 7.92. The van der Waals surface area contributed by atoms with E-state index in [0.29, 0.717) is 41.0 Å². The molecule has 0 bridgehead atoms. The number of alkyl halides is 2. The SMILES string of the molecule is Cc1cc(-c2nnc(-c3ccc(NS(=O)(=O)CCO)cc3N3CCC4(CC3)CC4)o2)nc(N2CCCC(F)(F)C2)n1. The molecular weight excluding hydrogens is 556 g/mol. The second-order valence-corrected chi connectivity index (χ2v) is 13.2. The third-order valence-corrected chi connectivity index (χ3v) is 9.41. The molecule has 2 aliphatic heterocycles. The quantitative estimate of drug-likeness (QED) is 0.399. The lowest BCUT2D eigenvalue weighted by Gasteiger charge is -2.35. The van der Waals surface area contributed by atoms with E-state index in [1.54, 1.807) is 31.2 Å². The van der Waals surface area contributed by atoms with Crippen molar-refractivity contribution in [3.05, 3.63) is 30.0 Å².